The van der Waals surface area contributed by atoms with E-state index in [1.54, 1.807) is 18.2 Å². The Morgan fingerprint density at radius 2 is 1.54 bits per heavy atom. The molecule has 5 aliphatic heterocycles. The Bertz CT molecular complexity index is 2390. The van der Waals surface area contributed by atoms with Crippen molar-refractivity contribution in [3.05, 3.63) is 93.5 Å². The van der Waals surface area contributed by atoms with Crippen molar-refractivity contribution in [3.8, 4) is 23.7 Å². The lowest BCUT2D eigenvalue weighted by Gasteiger charge is -2.65. The highest BCUT2D eigenvalue weighted by Gasteiger charge is 2.67. The van der Waals surface area contributed by atoms with E-state index < -0.39 is 29.7 Å². The SMILES string of the molecule is Cc1cc(OC2C(C)(C)C(N3Cc4cc(C#CC5CN(C6CN(c7ccc8c(c7)C(=O)N(C7CCC(=O)NC7=O)C8=O)C6)C5)ccc4C3=O)C2(C)C)ccc1C#N. The van der Waals surface area contributed by atoms with E-state index in [0.717, 1.165) is 64.8 Å². The van der Waals surface area contributed by atoms with E-state index in [9.17, 15) is 29.2 Å². The lowest BCUT2D eigenvalue weighted by atomic mass is 9.49. The van der Waals surface area contributed by atoms with Crippen molar-refractivity contribution < 1.29 is 28.7 Å². The highest BCUT2D eigenvalue weighted by molar-refractivity contribution is 6.23. The molecule has 0 aromatic heterocycles. The number of ether oxygens (including phenoxy) is 1. The zero-order chi connectivity index (χ0) is 40.1. The summed E-state index contributed by atoms with van der Waals surface area (Å²) in [7, 11) is 0. The fourth-order valence-electron chi connectivity index (χ4n) is 10.5. The number of fused-ring (bicyclic) bond motifs is 2. The van der Waals surface area contributed by atoms with Crippen molar-refractivity contribution in [3.63, 3.8) is 0 Å². The molecule has 290 valence electrons. The van der Waals surface area contributed by atoms with Gasteiger partial charge in [-0.05, 0) is 79.1 Å². The molecule has 3 saturated heterocycles. The van der Waals surface area contributed by atoms with E-state index in [0.29, 0.717) is 23.7 Å². The van der Waals surface area contributed by atoms with E-state index in [4.69, 9.17) is 4.74 Å². The topological polar surface area (TPSA) is 143 Å². The first-order valence-corrected chi connectivity index (χ1v) is 19.6. The summed E-state index contributed by atoms with van der Waals surface area (Å²) in [6, 6.07) is 18.3. The van der Waals surface area contributed by atoms with Gasteiger partial charge in [-0.1, -0.05) is 39.5 Å². The Hall–Kier alpha value is -5.98. The number of benzene rings is 3. The number of nitriles is 1. The van der Waals surface area contributed by atoms with Gasteiger partial charge in [-0.25, -0.2) is 0 Å². The molecule has 5 heterocycles. The standard InChI is InChI=1S/C45H44N6O6/c1-25-16-32(11-9-28(25)19-46)57-43-44(2,3)42(45(43,4)5)50-22-29-17-26(8-12-33(29)39(50)54)6-7-27-20-48(21-27)31-23-49(24-31)30-10-13-34-35(18-30)41(56)51(40(34)55)36-14-15-37(52)47-38(36)53/h8-13,16-18,27,31,36,42-43H,14-15,20-24H2,1-5H3,(H,47,52,53). The molecule has 1 N–H and O–H groups in total. The van der Waals surface area contributed by atoms with Gasteiger partial charge in [-0.3, -0.25) is 39.1 Å². The molecular formula is C45H44N6O6. The predicted octanol–water partition coefficient (Wildman–Crippen LogP) is 4.28. The van der Waals surface area contributed by atoms with E-state index >= 15 is 0 Å². The second-order valence-corrected chi connectivity index (χ2v) is 17.6. The number of nitrogens with one attached hydrogen (secondary N) is 1. The van der Waals surface area contributed by atoms with Crippen LogP contribution in [0.4, 0.5) is 5.69 Å². The Balaban J connectivity index is 0.783. The van der Waals surface area contributed by atoms with Crippen LogP contribution < -0.4 is 15.0 Å². The van der Waals surface area contributed by atoms with Crippen LogP contribution in [-0.2, 0) is 16.1 Å². The normalized spacial score (nSPS) is 25.1. The monoisotopic (exact) mass is 764 g/mol. The molecule has 0 bridgehead atoms. The second kappa shape index (κ2) is 13.0. The maximum atomic E-state index is 13.8. The van der Waals surface area contributed by atoms with Crippen LogP contribution in [0.2, 0.25) is 0 Å². The summed E-state index contributed by atoms with van der Waals surface area (Å²) in [6.45, 7) is 14.4. The van der Waals surface area contributed by atoms with Crippen LogP contribution in [0.5, 0.6) is 5.75 Å². The van der Waals surface area contributed by atoms with Gasteiger partial charge in [-0.2, -0.15) is 5.26 Å². The summed E-state index contributed by atoms with van der Waals surface area (Å²) < 4.78 is 6.55. The number of rotatable bonds is 6. The number of carbonyl (C=O) groups is 5. The van der Waals surface area contributed by atoms with E-state index in [1.165, 1.54) is 0 Å². The van der Waals surface area contributed by atoms with Crippen molar-refractivity contribution in [2.24, 2.45) is 16.7 Å². The number of anilines is 1. The fourth-order valence-corrected chi connectivity index (χ4v) is 10.5. The zero-order valence-electron chi connectivity index (χ0n) is 32.7. The van der Waals surface area contributed by atoms with Crippen LogP contribution in [0.3, 0.4) is 0 Å². The average Bonchev–Trinajstić information content (AvgIpc) is 3.57. The van der Waals surface area contributed by atoms with Crippen molar-refractivity contribution in [1.82, 2.24) is 20.0 Å². The molecule has 3 aromatic rings. The third kappa shape index (κ3) is 5.80. The average molecular weight is 765 g/mol. The summed E-state index contributed by atoms with van der Waals surface area (Å²) in [5, 5.41) is 11.6. The molecule has 3 aromatic carbocycles. The van der Waals surface area contributed by atoms with Crippen molar-refractivity contribution in [1.29, 1.82) is 5.26 Å². The van der Waals surface area contributed by atoms with E-state index in [1.807, 2.05) is 42.2 Å². The van der Waals surface area contributed by atoms with Crippen molar-refractivity contribution in [2.75, 3.05) is 31.1 Å². The Morgan fingerprint density at radius 1 is 0.825 bits per heavy atom. The number of hydrogen-bond acceptors (Lipinski definition) is 9. The molecule has 0 radical (unpaired) electrons. The lowest BCUT2D eigenvalue weighted by Crippen LogP contribution is -2.74. The van der Waals surface area contributed by atoms with Crippen molar-refractivity contribution in [2.45, 2.75) is 78.2 Å². The first kappa shape index (κ1) is 36.6. The fraction of sp³-hybridized carbons (Fsp3) is 0.422. The molecule has 12 nitrogen and oxygen atoms in total. The van der Waals surface area contributed by atoms with Gasteiger partial charge in [0.15, 0.2) is 0 Å². The summed E-state index contributed by atoms with van der Waals surface area (Å²) in [5.41, 5.74) is 4.96. The molecule has 1 unspecified atom stereocenters. The molecule has 6 aliphatic rings. The lowest BCUT2D eigenvalue weighted by molar-refractivity contribution is -0.199. The highest BCUT2D eigenvalue weighted by Crippen LogP contribution is 2.59. The van der Waals surface area contributed by atoms with Gasteiger partial charge in [0.2, 0.25) is 11.8 Å². The molecule has 9 rings (SSSR count). The number of carbonyl (C=O) groups excluding carboxylic acids is 5. The Labute approximate surface area is 331 Å². The maximum Gasteiger partial charge on any atom is 0.262 e. The van der Waals surface area contributed by atoms with Gasteiger partial charge in [0.25, 0.3) is 17.7 Å². The quantitative estimate of drug-likeness (QED) is 0.288. The van der Waals surface area contributed by atoms with Crippen molar-refractivity contribution >= 4 is 35.2 Å². The number of aryl methyl sites for hydroxylation is 1. The Morgan fingerprint density at radius 3 is 2.25 bits per heavy atom. The van der Waals surface area contributed by atoms with Gasteiger partial charge >= 0.3 is 0 Å². The van der Waals surface area contributed by atoms with Crippen LogP contribution in [0.25, 0.3) is 0 Å². The van der Waals surface area contributed by atoms with Gasteiger partial charge in [0.1, 0.15) is 17.9 Å². The third-order valence-electron chi connectivity index (χ3n) is 13.1. The number of likely N-dealkylation sites (tertiary alicyclic amines) is 1. The summed E-state index contributed by atoms with van der Waals surface area (Å²) >= 11 is 0. The minimum absolute atomic E-state index is 0.0305. The number of hydrogen-bond donors (Lipinski definition) is 1. The van der Waals surface area contributed by atoms with E-state index in [2.05, 4.69) is 66.8 Å². The summed E-state index contributed by atoms with van der Waals surface area (Å²) in [5.74, 6) is 5.84. The highest BCUT2D eigenvalue weighted by atomic mass is 16.5. The molecule has 1 atom stereocenters. The van der Waals surface area contributed by atoms with Crippen LogP contribution in [0.15, 0.2) is 54.6 Å². The molecule has 57 heavy (non-hydrogen) atoms. The van der Waals surface area contributed by atoms with Gasteiger partial charge < -0.3 is 14.5 Å². The zero-order valence-corrected chi connectivity index (χ0v) is 32.7. The number of nitrogens with zero attached hydrogens (tertiary/aromatic N) is 5. The largest absolute Gasteiger partial charge is 0.489 e. The Kier molecular flexibility index (Phi) is 8.38. The molecule has 4 fully saturated rings. The van der Waals surface area contributed by atoms with Crippen LogP contribution in [-0.4, -0.2) is 94.6 Å². The number of imide groups is 2. The molecule has 0 spiro atoms. The van der Waals surface area contributed by atoms with Gasteiger partial charge in [0, 0.05) is 84.8 Å². The van der Waals surface area contributed by atoms with Crippen LogP contribution >= 0.6 is 0 Å². The smallest absolute Gasteiger partial charge is 0.262 e. The minimum Gasteiger partial charge on any atom is -0.489 e. The molecule has 5 amide bonds. The predicted molar refractivity (Wildman–Crippen MR) is 209 cm³/mol. The first-order chi connectivity index (χ1) is 27.1. The number of amides is 5. The molecule has 1 saturated carbocycles. The first-order valence-electron chi connectivity index (χ1n) is 19.6. The minimum atomic E-state index is -0.980. The maximum absolute atomic E-state index is 13.8. The van der Waals surface area contributed by atoms with Crippen LogP contribution in [0.1, 0.15) is 93.9 Å². The van der Waals surface area contributed by atoms with E-state index in [-0.39, 0.29) is 53.2 Å². The summed E-state index contributed by atoms with van der Waals surface area (Å²) in [6.07, 6.45) is 0.0907. The molecule has 12 heteroatoms. The second-order valence-electron chi connectivity index (χ2n) is 17.6. The number of piperidine rings is 1. The van der Waals surface area contributed by atoms with Gasteiger partial charge in [0.05, 0.1) is 22.8 Å². The molecular weight excluding hydrogens is 721 g/mol. The summed E-state index contributed by atoms with van der Waals surface area (Å²) in [4.78, 5) is 71.8. The van der Waals surface area contributed by atoms with Gasteiger partial charge in [-0.15, -0.1) is 0 Å². The third-order valence-corrected chi connectivity index (χ3v) is 13.1. The molecule has 1 aliphatic carbocycles. The van der Waals surface area contributed by atoms with Crippen LogP contribution in [0, 0.1) is 46.8 Å².